The van der Waals surface area contributed by atoms with Gasteiger partial charge in [0.1, 0.15) is 0 Å². The number of hydrogen-bond donors (Lipinski definition) is 1. The quantitative estimate of drug-likeness (QED) is 0.778. The third-order valence-corrected chi connectivity index (χ3v) is 3.65. The number of amides is 2. The van der Waals surface area contributed by atoms with Crippen molar-refractivity contribution >= 4 is 11.8 Å². The first-order valence-electron chi connectivity index (χ1n) is 7.41. The molecule has 1 saturated heterocycles. The van der Waals surface area contributed by atoms with Crippen LogP contribution >= 0.6 is 0 Å². The summed E-state index contributed by atoms with van der Waals surface area (Å²) in [6.45, 7) is 4.91. The molecule has 1 heterocycles. The fraction of sp³-hybridized carbons (Fsp3) is 0.412. The van der Waals surface area contributed by atoms with E-state index in [0.717, 1.165) is 19.4 Å². The molecular formula is C17H22N2O2. The lowest BCUT2D eigenvalue weighted by Gasteiger charge is -2.17. The molecular weight excluding hydrogens is 264 g/mol. The van der Waals surface area contributed by atoms with Gasteiger partial charge in [0.05, 0.1) is 6.04 Å². The average molecular weight is 286 g/mol. The van der Waals surface area contributed by atoms with Crippen LogP contribution in [-0.2, 0) is 16.0 Å². The molecule has 1 fully saturated rings. The van der Waals surface area contributed by atoms with Crippen molar-refractivity contribution in [1.29, 1.82) is 0 Å². The second-order valence-corrected chi connectivity index (χ2v) is 5.39. The number of nitrogens with one attached hydrogen (secondary N) is 1. The summed E-state index contributed by atoms with van der Waals surface area (Å²) < 4.78 is 0. The maximum Gasteiger partial charge on any atom is 0.224 e. The van der Waals surface area contributed by atoms with E-state index in [1.807, 2.05) is 23.1 Å². The molecule has 1 aromatic rings. The van der Waals surface area contributed by atoms with Crippen LogP contribution in [0, 0.1) is 0 Å². The fourth-order valence-electron chi connectivity index (χ4n) is 2.62. The summed E-state index contributed by atoms with van der Waals surface area (Å²) >= 11 is 0. The van der Waals surface area contributed by atoms with Gasteiger partial charge in [-0.2, -0.15) is 0 Å². The van der Waals surface area contributed by atoms with E-state index in [0.29, 0.717) is 19.4 Å². The molecule has 1 aromatic carbocycles. The Hall–Kier alpha value is -2.10. The maximum atomic E-state index is 11.9. The molecule has 112 valence electrons. The van der Waals surface area contributed by atoms with Gasteiger partial charge in [-0.25, -0.2) is 0 Å². The number of likely N-dealkylation sites (tertiary alicyclic amines) is 1. The van der Waals surface area contributed by atoms with E-state index in [9.17, 15) is 9.59 Å². The predicted octanol–water partition coefficient (Wildman–Crippen LogP) is 1.91. The zero-order chi connectivity index (χ0) is 15.1. The van der Waals surface area contributed by atoms with Gasteiger partial charge in [-0.15, -0.1) is 6.58 Å². The number of aryl methyl sites for hydroxylation is 1. The smallest absolute Gasteiger partial charge is 0.224 e. The summed E-state index contributed by atoms with van der Waals surface area (Å²) in [5.74, 6) is 0.0703. The standard InChI is InChI=1S/C17H22N2O2/c1-2-7-16(20)18-15-12-17(21)19(13-15)11-6-10-14-8-4-3-5-9-14/h2-5,8-9,15H,1,6-7,10-13H2,(H,18,20). The fourth-order valence-corrected chi connectivity index (χ4v) is 2.62. The number of nitrogens with zero attached hydrogens (tertiary/aromatic N) is 1. The van der Waals surface area contributed by atoms with Gasteiger partial charge in [-0.05, 0) is 18.4 Å². The van der Waals surface area contributed by atoms with Gasteiger partial charge in [0.25, 0.3) is 0 Å². The van der Waals surface area contributed by atoms with E-state index in [1.165, 1.54) is 5.56 Å². The van der Waals surface area contributed by atoms with Crippen molar-refractivity contribution in [3.63, 3.8) is 0 Å². The van der Waals surface area contributed by atoms with Gasteiger partial charge in [0.15, 0.2) is 0 Å². The Labute approximate surface area is 125 Å². The first kappa shape index (κ1) is 15.3. The zero-order valence-corrected chi connectivity index (χ0v) is 12.3. The van der Waals surface area contributed by atoms with E-state index >= 15 is 0 Å². The van der Waals surface area contributed by atoms with Crippen LogP contribution < -0.4 is 5.32 Å². The second-order valence-electron chi connectivity index (χ2n) is 5.39. The number of benzene rings is 1. The molecule has 21 heavy (non-hydrogen) atoms. The first-order valence-corrected chi connectivity index (χ1v) is 7.41. The maximum absolute atomic E-state index is 11.9. The van der Waals surface area contributed by atoms with Gasteiger partial charge in [-0.3, -0.25) is 9.59 Å². The number of rotatable bonds is 7. The lowest BCUT2D eigenvalue weighted by molar-refractivity contribution is -0.127. The Balaban J connectivity index is 1.73. The topological polar surface area (TPSA) is 49.4 Å². The Bertz CT molecular complexity index is 499. The lowest BCUT2D eigenvalue weighted by atomic mass is 10.1. The van der Waals surface area contributed by atoms with Crippen LogP contribution in [0.15, 0.2) is 43.0 Å². The van der Waals surface area contributed by atoms with Crippen LogP contribution in [0.25, 0.3) is 0 Å². The normalized spacial score (nSPS) is 17.8. The number of carbonyl (C=O) groups excluding carboxylic acids is 2. The minimum Gasteiger partial charge on any atom is -0.351 e. The third kappa shape index (κ3) is 4.74. The molecule has 4 heteroatoms. The summed E-state index contributed by atoms with van der Waals surface area (Å²) in [5, 5.41) is 2.88. The summed E-state index contributed by atoms with van der Waals surface area (Å²) in [4.78, 5) is 25.3. The molecule has 2 amide bonds. The van der Waals surface area contributed by atoms with Gasteiger partial charge in [0.2, 0.25) is 11.8 Å². The van der Waals surface area contributed by atoms with Crippen LogP contribution in [-0.4, -0.2) is 35.8 Å². The van der Waals surface area contributed by atoms with E-state index in [-0.39, 0.29) is 17.9 Å². The van der Waals surface area contributed by atoms with Crippen molar-refractivity contribution in [2.45, 2.75) is 31.7 Å². The van der Waals surface area contributed by atoms with E-state index in [1.54, 1.807) is 6.08 Å². The van der Waals surface area contributed by atoms with E-state index in [4.69, 9.17) is 0 Å². The molecule has 0 aromatic heterocycles. The molecule has 0 saturated carbocycles. The van der Waals surface area contributed by atoms with Crippen molar-refractivity contribution in [2.24, 2.45) is 0 Å². The highest BCUT2D eigenvalue weighted by Gasteiger charge is 2.29. The van der Waals surface area contributed by atoms with Crippen molar-refractivity contribution < 1.29 is 9.59 Å². The molecule has 1 aliphatic rings. The number of carbonyl (C=O) groups is 2. The number of hydrogen-bond acceptors (Lipinski definition) is 2. The summed E-state index contributed by atoms with van der Waals surface area (Å²) in [6, 6.07) is 10.2. The SMILES string of the molecule is C=CCC(=O)NC1CC(=O)N(CCCc2ccccc2)C1. The first-order chi connectivity index (χ1) is 10.2. The largest absolute Gasteiger partial charge is 0.351 e. The van der Waals surface area contributed by atoms with Gasteiger partial charge < -0.3 is 10.2 Å². The molecule has 4 nitrogen and oxygen atoms in total. The Kier molecular flexibility index (Phi) is 5.55. The van der Waals surface area contributed by atoms with Crippen molar-refractivity contribution in [3.8, 4) is 0 Å². The Morgan fingerprint density at radius 3 is 2.86 bits per heavy atom. The molecule has 0 spiro atoms. The summed E-state index contributed by atoms with van der Waals surface area (Å²) in [5.41, 5.74) is 1.29. The van der Waals surface area contributed by atoms with Crippen LogP contribution in [0.5, 0.6) is 0 Å². The molecule has 1 aliphatic heterocycles. The predicted molar refractivity (Wildman–Crippen MR) is 82.7 cm³/mol. The van der Waals surface area contributed by atoms with Crippen LogP contribution in [0.2, 0.25) is 0 Å². The summed E-state index contributed by atoms with van der Waals surface area (Å²) in [6.07, 6.45) is 4.21. The highest BCUT2D eigenvalue weighted by Crippen LogP contribution is 2.13. The molecule has 1 unspecified atom stereocenters. The lowest BCUT2D eigenvalue weighted by Crippen LogP contribution is -2.37. The van der Waals surface area contributed by atoms with E-state index < -0.39 is 0 Å². The Morgan fingerprint density at radius 2 is 2.14 bits per heavy atom. The van der Waals surface area contributed by atoms with Crippen molar-refractivity contribution in [2.75, 3.05) is 13.1 Å². The van der Waals surface area contributed by atoms with Crippen LogP contribution in [0.4, 0.5) is 0 Å². The van der Waals surface area contributed by atoms with Crippen molar-refractivity contribution in [3.05, 3.63) is 48.6 Å². The highest BCUT2D eigenvalue weighted by atomic mass is 16.2. The van der Waals surface area contributed by atoms with Gasteiger partial charge in [0, 0.05) is 25.9 Å². The molecule has 2 rings (SSSR count). The van der Waals surface area contributed by atoms with E-state index in [2.05, 4.69) is 24.0 Å². The Morgan fingerprint density at radius 1 is 1.38 bits per heavy atom. The minimum atomic E-state index is -0.0612. The highest BCUT2D eigenvalue weighted by molar-refractivity contribution is 5.82. The summed E-state index contributed by atoms with van der Waals surface area (Å²) in [7, 11) is 0. The molecule has 0 radical (unpaired) electrons. The third-order valence-electron chi connectivity index (χ3n) is 3.65. The molecule has 1 N–H and O–H groups in total. The average Bonchev–Trinajstić information content (AvgIpc) is 2.80. The van der Waals surface area contributed by atoms with Gasteiger partial charge in [-0.1, -0.05) is 36.4 Å². The molecule has 0 aliphatic carbocycles. The monoisotopic (exact) mass is 286 g/mol. The second kappa shape index (κ2) is 7.62. The van der Waals surface area contributed by atoms with Gasteiger partial charge >= 0.3 is 0 Å². The minimum absolute atomic E-state index is 0.0540. The van der Waals surface area contributed by atoms with Crippen LogP contribution in [0.1, 0.15) is 24.8 Å². The van der Waals surface area contributed by atoms with Crippen LogP contribution in [0.3, 0.4) is 0 Å². The molecule has 1 atom stereocenters. The zero-order valence-electron chi connectivity index (χ0n) is 12.3. The van der Waals surface area contributed by atoms with Crippen molar-refractivity contribution in [1.82, 2.24) is 10.2 Å². The molecule has 0 bridgehead atoms.